The van der Waals surface area contributed by atoms with E-state index in [1.807, 2.05) is 36.4 Å². The molecule has 25 heavy (non-hydrogen) atoms. The van der Waals surface area contributed by atoms with Gasteiger partial charge in [0.1, 0.15) is 0 Å². The van der Waals surface area contributed by atoms with Crippen molar-refractivity contribution in [1.82, 2.24) is 10.7 Å². The molecule has 0 fully saturated rings. The second kappa shape index (κ2) is 9.39. The zero-order chi connectivity index (χ0) is 18.1. The third-order valence-corrected chi connectivity index (χ3v) is 3.44. The van der Waals surface area contributed by atoms with Crippen LogP contribution in [0.4, 0.5) is 0 Å². The molecule has 0 radical (unpaired) electrons. The van der Waals surface area contributed by atoms with E-state index in [1.54, 1.807) is 37.3 Å². The number of carbonyl (C=O) groups excluding carboxylic acids is 2. The number of hydrazone groups is 1. The minimum absolute atomic E-state index is 0.166. The van der Waals surface area contributed by atoms with Crippen LogP contribution in [0.5, 0.6) is 0 Å². The Hall–Kier alpha value is -2.92. The van der Waals surface area contributed by atoms with Gasteiger partial charge in [0.25, 0.3) is 11.8 Å². The molecule has 2 rings (SSSR count). The summed E-state index contributed by atoms with van der Waals surface area (Å²) in [4.78, 5) is 23.6. The molecule has 2 amide bonds. The first-order chi connectivity index (χ1) is 12.0. The molecule has 0 heterocycles. The second-order valence-electron chi connectivity index (χ2n) is 5.22. The first-order valence-corrected chi connectivity index (χ1v) is 8.02. The standard InChI is InChI=1S/C19H18ClN3O2/c1-14(7-8-15-5-3-2-4-6-15)22-23-18(24)13-21-19(25)16-9-11-17(20)12-10-16/h2-12H,13H2,1H3,(H,21,25)(H,23,24)/b8-7+,22-14+. The summed E-state index contributed by atoms with van der Waals surface area (Å²) in [7, 11) is 0. The van der Waals surface area contributed by atoms with Gasteiger partial charge in [-0.2, -0.15) is 5.10 Å². The zero-order valence-corrected chi connectivity index (χ0v) is 14.5. The van der Waals surface area contributed by atoms with Gasteiger partial charge in [0.2, 0.25) is 0 Å². The molecule has 2 aromatic carbocycles. The molecule has 5 nitrogen and oxygen atoms in total. The number of rotatable bonds is 6. The average Bonchev–Trinajstić information content (AvgIpc) is 2.64. The van der Waals surface area contributed by atoms with Crippen LogP contribution >= 0.6 is 11.6 Å². The van der Waals surface area contributed by atoms with Crippen molar-refractivity contribution >= 4 is 35.2 Å². The molecular weight excluding hydrogens is 338 g/mol. The van der Waals surface area contributed by atoms with Crippen molar-refractivity contribution in [2.24, 2.45) is 5.10 Å². The summed E-state index contributed by atoms with van der Waals surface area (Å²) in [6, 6.07) is 16.2. The first kappa shape index (κ1) is 18.4. The van der Waals surface area contributed by atoms with Crippen molar-refractivity contribution in [3.05, 3.63) is 76.8 Å². The molecule has 0 aliphatic heterocycles. The molecule has 2 aromatic rings. The summed E-state index contributed by atoms with van der Waals surface area (Å²) < 4.78 is 0. The van der Waals surface area contributed by atoms with E-state index in [1.165, 1.54) is 0 Å². The monoisotopic (exact) mass is 355 g/mol. The van der Waals surface area contributed by atoms with Crippen LogP contribution in [-0.4, -0.2) is 24.1 Å². The summed E-state index contributed by atoms with van der Waals surface area (Å²) in [6.45, 7) is 1.60. The van der Waals surface area contributed by atoms with E-state index in [0.29, 0.717) is 16.3 Å². The molecule has 0 saturated carbocycles. The van der Waals surface area contributed by atoms with Crippen LogP contribution in [0.2, 0.25) is 5.02 Å². The maximum atomic E-state index is 11.9. The topological polar surface area (TPSA) is 70.6 Å². The molecule has 0 aliphatic carbocycles. The summed E-state index contributed by atoms with van der Waals surface area (Å²) in [6.07, 6.45) is 3.69. The average molecular weight is 356 g/mol. The van der Waals surface area contributed by atoms with E-state index < -0.39 is 5.91 Å². The zero-order valence-electron chi connectivity index (χ0n) is 13.7. The Kier molecular flexibility index (Phi) is 6.92. The van der Waals surface area contributed by atoms with Crippen LogP contribution in [0.25, 0.3) is 6.08 Å². The normalized spacial score (nSPS) is 11.4. The maximum Gasteiger partial charge on any atom is 0.259 e. The van der Waals surface area contributed by atoms with Crippen LogP contribution in [0.15, 0.2) is 65.8 Å². The van der Waals surface area contributed by atoms with Gasteiger partial charge in [0.05, 0.1) is 12.3 Å². The van der Waals surface area contributed by atoms with Gasteiger partial charge in [-0.1, -0.05) is 48.0 Å². The maximum absolute atomic E-state index is 11.9. The predicted octanol–water partition coefficient (Wildman–Crippen LogP) is 3.28. The van der Waals surface area contributed by atoms with Gasteiger partial charge in [-0.05, 0) is 42.8 Å². The quantitative estimate of drug-likeness (QED) is 0.616. The predicted molar refractivity (Wildman–Crippen MR) is 101 cm³/mol. The summed E-state index contributed by atoms with van der Waals surface area (Å²) in [5.41, 5.74) is 4.51. The molecule has 0 aliphatic rings. The number of hydrogen-bond donors (Lipinski definition) is 2. The Labute approximate surface area is 151 Å². The van der Waals surface area contributed by atoms with E-state index >= 15 is 0 Å². The number of benzene rings is 2. The SMILES string of the molecule is CC(/C=C/c1ccccc1)=N\NC(=O)CNC(=O)c1ccc(Cl)cc1. The van der Waals surface area contributed by atoms with Gasteiger partial charge in [0, 0.05) is 10.6 Å². The highest BCUT2D eigenvalue weighted by molar-refractivity contribution is 6.30. The molecule has 0 unspecified atom stereocenters. The van der Waals surface area contributed by atoms with Crippen LogP contribution in [0.1, 0.15) is 22.8 Å². The molecule has 6 heteroatoms. The number of nitrogens with zero attached hydrogens (tertiary/aromatic N) is 1. The van der Waals surface area contributed by atoms with Crippen molar-refractivity contribution in [2.45, 2.75) is 6.92 Å². The van der Waals surface area contributed by atoms with Crippen molar-refractivity contribution < 1.29 is 9.59 Å². The number of amides is 2. The van der Waals surface area contributed by atoms with Crippen molar-refractivity contribution in [3.63, 3.8) is 0 Å². The van der Waals surface area contributed by atoms with Crippen LogP contribution < -0.4 is 10.7 Å². The van der Waals surface area contributed by atoms with E-state index in [-0.39, 0.29) is 12.5 Å². The lowest BCUT2D eigenvalue weighted by molar-refractivity contribution is -0.120. The Morgan fingerprint density at radius 1 is 1.08 bits per heavy atom. The second-order valence-corrected chi connectivity index (χ2v) is 5.66. The highest BCUT2D eigenvalue weighted by atomic mass is 35.5. The lowest BCUT2D eigenvalue weighted by Crippen LogP contribution is -2.35. The minimum atomic E-state index is -0.408. The number of carbonyl (C=O) groups is 2. The number of allylic oxidation sites excluding steroid dienone is 1. The van der Waals surface area contributed by atoms with E-state index in [2.05, 4.69) is 15.8 Å². The fourth-order valence-corrected chi connectivity index (χ4v) is 2.00. The molecule has 0 saturated heterocycles. The molecule has 0 spiro atoms. The highest BCUT2D eigenvalue weighted by Crippen LogP contribution is 2.09. The number of hydrogen-bond acceptors (Lipinski definition) is 3. The largest absolute Gasteiger partial charge is 0.343 e. The molecule has 2 N–H and O–H groups in total. The summed E-state index contributed by atoms with van der Waals surface area (Å²) in [5.74, 6) is -0.758. The van der Waals surface area contributed by atoms with Gasteiger partial charge in [-0.3, -0.25) is 9.59 Å². The van der Waals surface area contributed by atoms with E-state index in [0.717, 1.165) is 5.56 Å². The Morgan fingerprint density at radius 2 is 1.76 bits per heavy atom. The Balaban J connectivity index is 1.78. The Morgan fingerprint density at radius 3 is 2.44 bits per heavy atom. The van der Waals surface area contributed by atoms with Crippen LogP contribution in [-0.2, 0) is 4.79 Å². The first-order valence-electron chi connectivity index (χ1n) is 7.64. The summed E-state index contributed by atoms with van der Waals surface area (Å²) >= 11 is 5.76. The smallest absolute Gasteiger partial charge is 0.259 e. The lowest BCUT2D eigenvalue weighted by atomic mass is 10.2. The molecule has 0 bridgehead atoms. The fourth-order valence-electron chi connectivity index (χ4n) is 1.87. The van der Waals surface area contributed by atoms with E-state index in [4.69, 9.17) is 11.6 Å². The van der Waals surface area contributed by atoms with Crippen molar-refractivity contribution in [2.75, 3.05) is 6.54 Å². The van der Waals surface area contributed by atoms with Crippen LogP contribution in [0, 0.1) is 0 Å². The summed E-state index contributed by atoms with van der Waals surface area (Å²) in [5, 5.41) is 7.03. The van der Waals surface area contributed by atoms with Gasteiger partial charge < -0.3 is 5.32 Å². The third-order valence-electron chi connectivity index (χ3n) is 3.19. The van der Waals surface area contributed by atoms with Gasteiger partial charge in [-0.25, -0.2) is 5.43 Å². The lowest BCUT2D eigenvalue weighted by Gasteiger charge is -2.04. The Bertz CT molecular complexity index is 784. The molecule has 0 atom stereocenters. The highest BCUT2D eigenvalue weighted by Gasteiger charge is 2.07. The van der Waals surface area contributed by atoms with Gasteiger partial charge in [-0.15, -0.1) is 0 Å². The van der Waals surface area contributed by atoms with Crippen molar-refractivity contribution in [3.8, 4) is 0 Å². The number of nitrogens with one attached hydrogen (secondary N) is 2. The fraction of sp³-hybridized carbons (Fsp3) is 0.105. The molecule has 128 valence electrons. The van der Waals surface area contributed by atoms with Crippen molar-refractivity contribution in [1.29, 1.82) is 0 Å². The van der Waals surface area contributed by atoms with Gasteiger partial charge >= 0.3 is 0 Å². The number of halogens is 1. The third kappa shape index (κ3) is 6.61. The van der Waals surface area contributed by atoms with Crippen LogP contribution in [0.3, 0.4) is 0 Å². The molecule has 0 aromatic heterocycles. The van der Waals surface area contributed by atoms with Gasteiger partial charge in [0.15, 0.2) is 0 Å². The van der Waals surface area contributed by atoms with E-state index in [9.17, 15) is 9.59 Å². The molecular formula is C19H18ClN3O2. The minimum Gasteiger partial charge on any atom is -0.343 e.